The van der Waals surface area contributed by atoms with E-state index in [1.54, 1.807) is 4.90 Å². The van der Waals surface area contributed by atoms with Gasteiger partial charge in [-0.15, -0.1) is 11.3 Å². The van der Waals surface area contributed by atoms with Crippen LogP contribution in [0.2, 0.25) is 9.36 Å². The van der Waals surface area contributed by atoms with Crippen molar-refractivity contribution in [2.24, 2.45) is 0 Å². The standard InChI is InChI=1S/C14H31N.C5H2Cl2O2S/c1-4-5-6-7-8-9-10-11-12-13-14-15(2)3;6-2-1-3(5(8)9)10-4(2)7/h4-14H2,1-3H3;1H,(H,8,9). The van der Waals surface area contributed by atoms with E-state index in [1.807, 2.05) is 0 Å². The smallest absolute Gasteiger partial charge is 0.112 e. The van der Waals surface area contributed by atoms with Gasteiger partial charge in [-0.3, -0.25) is 0 Å². The highest BCUT2D eigenvalue weighted by Gasteiger charge is 2.04. The number of carboxylic acids is 1. The quantitative estimate of drug-likeness (QED) is 0.517. The minimum Gasteiger partial charge on any atom is -0.544 e. The molecule has 0 atom stereocenters. The first-order chi connectivity index (χ1) is 11.9. The van der Waals surface area contributed by atoms with Crippen LogP contribution in [0.15, 0.2) is 6.07 Å². The van der Waals surface area contributed by atoms with E-state index < -0.39 is 5.97 Å². The number of carbonyl (C=O) groups excluding carboxylic acids is 1. The molecule has 3 nitrogen and oxygen atoms in total. The third kappa shape index (κ3) is 14.6. The average Bonchev–Trinajstić information content (AvgIpc) is 2.89. The lowest BCUT2D eigenvalue weighted by Gasteiger charge is -2.06. The summed E-state index contributed by atoms with van der Waals surface area (Å²) in [7, 11) is 4.49. The zero-order chi connectivity index (χ0) is 19.1. The molecule has 0 unspecified atom stereocenters. The second kappa shape index (κ2) is 15.9. The van der Waals surface area contributed by atoms with Gasteiger partial charge < -0.3 is 14.8 Å². The van der Waals surface area contributed by atoms with Gasteiger partial charge in [-0.1, -0.05) is 81.5 Å². The normalized spacial score (nSPS) is 10.6. The van der Waals surface area contributed by atoms with Crippen molar-refractivity contribution in [1.29, 1.82) is 0 Å². The van der Waals surface area contributed by atoms with Gasteiger partial charge in [0.25, 0.3) is 0 Å². The third-order valence-electron chi connectivity index (χ3n) is 3.88. The highest BCUT2D eigenvalue weighted by Crippen LogP contribution is 2.30. The topological polar surface area (TPSA) is 44.6 Å². The largest absolute Gasteiger partial charge is 0.544 e. The van der Waals surface area contributed by atoms with Crippen molar-refractivity contribution >= 4 is 40.5 Å². The lowest BCUT2D eigenvalue weighted by molar-refractivity contribution is -0.858. The molecule has 0 aromatic carbocycles. The van der Waals surface area contributed by atoms with Crippen molar-refractivity contribution in [2.75, 3.05) is 20.6 Å². The molecule has 6 heteroatoms. The number of carboxylic acid groups (broad SMARTS) is 1. The van der Waals surface area contributed by atoms with Gasteiger partial charge in [0.05, 0.1) is 36.5 Å². The van der Waals surface area contributed by atoms with Crippen molar-refractivity contribution in [3.63, 3.8) is 0 Å². The molecular weight excluding hydrogens is 377 g/mol. The van der Waals surface area contributed by atoms with Crippen LogP contribution in [0, 0.1) is 0 Å². The van der Waals surface area contributed by atoms with Gasteiger partial charge in [-0.25, -0.2) is 0 Å². The highest BCUT2D eigenvalue weighted by molar-refractivity contribution is 7.18. The summed E-state index contributed by atoms with van der Waals surface area (Å²) in [5.41, 5.74) is 0. The molecule has 0 spiro atoms. The molecule has 0 saturated carbocycles. The summed E-state index contributed by atoms with van der Waals surface area (Å²) in [4.78, 5) is 11.8. The molecule has 0 amide bonds. The molecule has 0 saturated heterocycles. The zero-order valence-corrected chi connectivity index (χ0v) is 18.2. The predicted octanol–water partition coefficient (Wildman–Crippen LogP) is 4.47. The Hall–Kier alpha value is -0.290. The van der Waals surface area contributed by atoms with Crippen LogP contribution in [0.3, 0.4) is 0 Å². The molecule has 0 aliphatic heterocycles. The number of hydrogen-bond acceptors (Lipinski definition) is 3. The summed E-state index contributed by atoms with van der Waals surface area (Å²) in [6.45, 7) is 3.63. The molecule has 1 aromatic rings. The number of carbonyl (C=O) groups is 1. The summed E-state index contributed by atoms with van der Waals surface area (Å²) >= 11 is 11.8. The van der Waals surface area contributed by atoms with E-state index in [4.69, 9.17) is 23.2 Å². The number of quaternary nitrogens is 1. The van der Waals surface area contributed by atoms with Gasteiger partial charge in [0, 0.05) is 0 Å². The number of thiophene rings is 1. The maximum atomic E-state index is 10.1. The fourth-order valence-corrected chi connectivity index (χ4v) is 3.62. The molecule has 1 heterocycles. The fraction of sp³-hybridized carbons (Fsp3) is 0.737. The zero-order valence-electron chi connectivity index (χ0n) is 15.8. The molecule has 0 bridgehead atoms. The van der Waals surface area contributed by atoms with Crippen molar-refractivity contribution in [3.8, 4) is 0 Å². The molecule has 0 radical (unpaired) electrons. The second-order valence-electron chi connectivity index (χ2n) is 6.66. The second-order valence-corrected chi connectivity index (χ2v) is 8.72. The lowest BCUT2D eigenvalue weighted by Crippen LogP contribution is -3.05. The average molecular weight is 410 g/mol. The Morgan fingerprint density at radius 3 is 1.80 bits per heavy atom. The van der Waals surface area contributed by atoms with Crippen LogP contribution in [0.25, 0.3) is 0 Å². The number of unbranched alkanes of at least 4 members (excludes halogenated alkanes) is 9. The molecular formula is C19H33Cl2NO2S. The molecule has 1 N–H and O–H groups in total. The molecule has 146 valence electrons. The van der Waals surface area contributed by atoms with E-state index >= 15 is 0 Å². The molecule has 0 fully saturated rings. The van der Waals surface area contributed by atoms with Gasteiger partial charge in [0.1, 0.15) is 4.34 Å². The predicted molar refractivity (Wildman–Crippen MR) is 108 cm³/mol. The van der Waals surface area contributed by atoms with Crippen molar-refractivity contribution in [1.82, 2.24) is 0 Å². The van der Waals surface area contributed by atoms with E-state index in [1.165, 1.54) is 76.8 Å². The SMILES string of the molecule is CCCCCCCCCCCC[NH+](C)C.O=C([O-])c1cc(Cl)c(Cl)s1. The Labute approximate surface area is 167 Å². The van der Waals surface area contributed by atoms with E-state index in [0.717, 1.165) is 11.3 Å². The van der Waals surface area contributed by atoms with Crippen LogP contribution in [-0.2, 0) is 0 Å². The summed E-state index contributed by atoms with van der Waals surface area (Å²) < 4.78 is 0.279. The number of aromatic carboxylic acids is 1. The van der Waals surface area contributed by atoms with Gasteiger partial charge >= 0.3 is 0 Å². The monoisotopic (exact) mass is 409 g/mol. The van der Waals surface area contributed by atoms with E-state index in [-0.39, 0.29) is 14.2 Å². The summed E-state index contributed by atoms with van der Waals surface area (Å²) in [5, 5.41) is 10.4. The maximum absolute atomic E-state index is 10.1. The Balaban J connectivity index is 0.000000496. The van der Waals surface area contributed by atoms with Gasteiger partial charge in [-0.2, -0.15) is 0 Å². The summed E-state index contributed by atoms with van der Waals surface area (Å²) in [6.07, 6.45) is 14.5. The maximum Gasteiger partial charge on any atom is 0.112 e. The number of hydrogen-bond donors (Lipinski definition) is 1. The van der Waals surface area contributed by atoms with Crippen molar-refractivity contribution in [2.45, 2.75) is 71.1 Å². The van der Waals surface area contributed by atoms with Crippen LogP contribution in [-0.4, -0.2) is 26.6 Å². The van der Waals surface area contributed by atoms with Crippen LogP contribution >= 0.6 is 34.5 Å². The van der Waals surface area contributed by atoms with Crippen molar-refractivity contribution in [3.05, 3.63) is 20.3 Å². The third-order valence-corrected chi connectivity index (χ3v) is 5.72. The number of nitrogens with one attached hydrogen (secondary N) is 1. The Bertz CT molecular complexity index is 445. The molecule has 1 aromatic heterocycles. The number of rotatable bonds is 12. The first kappa shape index (κ1) is 24.7. The molecule has 25 heavy (non-hydrogen) atoms. The molecule has 0 aliphatic carbocycles. The Morgan fingerprint density at radius 2 is 1.48 bits per heavy atom. The van der Waals surface area contributed by atoms with Crippen molar-refractivity contribution < 1.29 is 14.8 Å². The van der Waals surface area contributed by atoms with E-state index in [2.05, 4.69) is 21.0 Å². The lowest BCUT2D eigenvalue weighted by atomic mass is 10.1. The van der Waals surface area contributed by atoms with E-state index in [9.17, 15) is 9.90 Å². The van der Waals surface area contributed by atoms with Crippen LogP contribution in [0.5, 0.6) is 0 Å². The van der Waals surface area contributed by atoms with E-state index in [0.29, 0.717) is 0 Å². The minimum atomic E-state index is -1.25. The Morgan fingerprint density at radius 1 is 1.00 bits per heavy atom. The first-order valence-corrected chi connectivity index (χ1v) is 10.9. The minimum absolute atomic E-state index is 0.0509. The number of halogens is 2. The van der Waals surface area contributed by atoms with Gasteiger partial charge in [0.2, 0.25) is 0 Å². The first-order valence-electron chi connectivity index (χ1n) is 9.33. The van der Waals surface area contributed by atoms with Crippen LogP contribution < -0.4 is 10.0 Å². The molecule has 1 rings (SSSR count). The van der Waals surface area contributed by atoms with Gasteiger partial charge in [0.15, 0.2) is 0 Å². The Kier molecular flexibility index (Phi) is 15.7. The van der Waals surface area contributed by atoms with Crippen LogP contribution in [0.1, 0.15) is 80.8 Å². The summed E-state index contributed by atoms with van der Waals surface area (Å²) in [5.74, 6) is -1.25. The van der Waals surface area contributed by atoms with Gasteiger partial charge in [-0.05, 0) is 18.9 Å². The highest BCUT2D eigenvalue weighted by atomic mass is 35.5. The van der Waals surface area contributed by atoms with Crippen LogP contribution in [0.4, 0.5) is 0 Å². The molecule has 0 aliphatic rings. The summed E-state index contributed by atoms with van der Waals surface area (Å²) in [6, 6.07) is 1.27. The fourth-order valence-electron chi connectivity index (χ4n) is 2.41.